The third-order valence-electron chi connectivity index (χ3n) is 5.44. The maximum atomic E-state index is 13.8. The third kappa shape index (κ3) is 8.46. The molecule has 0 bridgehead atoms. The van der Waals surface area contributed by atoms with Crippen molar-refractivity contribution >= 4 is 43.3 Å². The van der Waals surface area contributed by atoms with E-state index < -0.39 is 92.2 Å². The molecule has 0 aliphatic carbocycles. The molecular weight excluding hydrogens is 549 g/mol. The maximum Gasteiger partial charge on any atom is 0.373 e. The molecule has 0 unspecified atom stereocenters. The van der Waals surface area contributed by atoms with Crippen molar-refractivity contribution in [3.63, 3.8) is 0 Å². The lowest BCUT2D eigenvalue weighted by Gasteiger charge is -2.49. The molecule has 1 aliphatic heterocycles. The normalized spacial score (nSPS) is 24.4. The first-order valence-corrected chi connectivity index (χ1v) is 13.0. The van der Waals surface area contributed by atoms with Crippen molar-refractivity contribution in [3.05, 3.63) is 0 Å². The predicted octanol–water partition coefficient (Wildman–Crippen LogP) is -0.00660. The fourth-order valence-electron chi connectivity index (χ4n) is 4.07. The van der Waals surface area contributed by atoms with Crippen LogP contribution >= 0.6 is 7.60 Å². The number of nitrogens with one attached hydrogen (secondary N) is 1. The number of carbonyl (C=O) groups excluding carboxylic acids is 6. The Bertz CT molecular complexity index is 992. The summed E-state index contributed by atoms with van der Waals surface area (Å²) < 4.78 is 55.7. The van der Waals surface area contributed by atoms with Crippen LogP contribution in [-0.4, -0.2) is 99.5 Å². The summed E-state index contributed by atoms with van der Waals surface area (Å²) in [7, 11) is -1.77. The van der Waals surface area contributed by atoms with Gasteiger partial charge in [-0.1, -0.05) is 0 Å². The second-order valence-electron chi connectivity index (χ2n) is 8.32. The molecule has 0 aromatic heterocycles. The molecule has 0 radical (unpaired) electrons. The summed E-state index contributed by atoms with van der Waals surface area (Å²) in [5.74, 6) is -5.48. The largest absolute Gasteiger partial charge is 0.466 e. The smallest absolute Gasteiger partial charge is 0.373 e. The van der Waals surface area contributed by atoms with E-state index in [9.17, 15) is 33.3 Å². The Balaban J connectivity index is 4.01. The number of methoxy groups -OCH3 is 1. The number of rotatable bonds is 12. The van der Waals surface area contributed by atoms with Gasteiger partial charge in [-0.15, -0.1) is 0 Å². The third-order valence-corrected chi connectivity index (χ3v) is 7.76. The number of esters is 5. The fourth-order valence-corrected chi connectivity index (χ4v) is 5.78. The summed E-state index contributed by atoms with van der Waals surface area (Å²) in [6, 6.07) is -1.41. The molecule has 222 valence electrons. The van der Waals surface area contributed by atoms with Crippen molar-refractivity contribution in [2.45, 2.75) is 76.8 Å². The van der Waals surface area contributed by atoms with Crippen LogP contribution in [0.4, 0.5) is 0 Å². The minimum atomic E-state index is -4.64. The van der Waals surface area contributed by atoms with Gasteiger partial charge in [0, 0.05) is 55.3 Å². The van der Waals surface area contributed by atoms with Crippen LogP contribution in [0.25, 0.3) is 0 Å². The van der Waals surface area contributed by atoms with Gasteiger partial charge in [0.2, 0.25) is 5.91 Å². The lowest BCUT2D eigenvalue weighted by Crippen LogP contribution is -2.68. The molecule has 6 atom stereocenters. The average molecular weight is 583 g/mol. The first-order valence-electron chi connectivity index (χ1n) is 11.5. The zero-order valence-corrected chi connectivity index (χ0v) is 23.8. The molecule has 1 saturated heterocycles. The van der Waals surface area contributed by atoms with Crippen molar-refractivity contribution in [3.8, 4) is 0 Å². The van der Waals surface area contributed by atoms with Gasteiger partial charge in [0.15, 0.2) is 12.2 Å². The molecule has 1 aliphatic rings. The van der Waals surface area contributed by atoms with Gasteiger partial charge in [-0.3, -0.25) is 28.5 Å². The molecule has 39 heavy (non-hydrogen) atoms. The van der Waals surface area contributed by atoms with Crippen LogP contribution in [-0.2, 0) is 70.8 Å². The second-order valence-corrected chi connectivity index (χ2v) is 10.8. The number of carbonyl (C=O) groups is 6. The quantitative estimate of drug-likeness (QED) is 0.182. The number of hydrogen-bond donors (Lipinski definition) is 1. The first kappa shape index (κ1) is 34.0. The van der Waals surface area contributed by atoms with E-state index in [4.69, 9.17) is 37.5 Å². The van der Waals surface area contributed by atoms with Crippen LogP contribution in [0.5, 0.6) is 0 Å². The summed E-state index contributed by atoms with van der Waals surface area (Å²) in [5, 5.41) is -0.155. The van der Waals surface area contributed by atoms with Crippen LogP contribution in [0.2, 0.25) is 0 Å². The average Bonchev–Trinajstić information content (AvgIpc) is 2.84. The van der Waals surface area contributed by atoms with Gasteiger partial charge < -0.3 is 42.8 Å². The van der Waals surface area contributed by atoms with Crippen molar-refractivity contribution in [1.29, 1.82) is 0 Å². The van der Waals surface area contributed by atoms with E-state index in [0.717, 1.165) is 55.9 Å². The highest BCUT2D eigenvalue weighted by atomic mass is 31.2. The van der Waals surface area contributed by atoms with Crippen molar-refractivity contribution in [2.24, 2.45) is 0 Å². The van der Waals surface area contributed by atoms with Gasteiger partial charge in [0.25, 0.3) is 5.34 Å². The van der Waals surface area contributed by atoms with Gasteiger partial charge in [-0.05, 0) is 0 Å². The second kappa shape index (κ2) is 14.4. The highest BCUT2D eigenvalue weighted by molar-refractivity contribution is 7.56. The Morgan fingerprint density at radius 1 is 0.897 bits per heavy atom. The Morgan fingerprint density at radius 3 is 1.87 bits per heavy atom. The monoisotopic (exact) mass is 583 g/mol. The van der Waals surface area contributed by atoms with Gasteiger partial charge in [0.1, 0.15) is 18.8 Å². The molecule has 1 rings (SSSR count). The molecule has 0 saturated carbocycles. The highest BCUT2D eigenvalue weighted by Crippen LogP contribution is 2.64. The molecule has 1 N–H and O–H groups in total. The van der Waals surface area contributed by atoms with E-state index in [1.54, 1.807) is 0 Å². The van der Waals surface area contributed by atoms with Crippen LogP contribution in [0.1, 0.15) is 41.0 Å². The zero-order chi connectivity index (χ0) is 30.1. The zero-order valence-electron chi connectivity index (χ0n) is 22.9. The molecule has 0 aromatic carbocycles. The number of hydrogen-bond acceptors (Lipinski definition) is 15. The van der Waals surface area contributed by atoms with Crippen LogP contribution in [0.3, 0.4) is 0 Å². The summed E-state index contributed by atoms with van der Waals surface area (Å²) in [6.45, 7) is 4.55. The topological polar surface area (TPSA) is 205 Å². The summed E-state index contributed by atoms with van der Waals surface area (Å²) in [6.07, 6.45) is -7.32. The SMILES string of the molecule is COC(=O)[C@@]1(P(=O)(OC)OC)C[C@H](OC(C)=O)[C@@H](NC(C)=O)[C@H]([C@H](OC(C)=O)[C@@H](COC(C)=O)OC(C)=O)O1. The Hall–Kier alpha value is -3.07. The minimum Gasteiger partial charge on any atom is -0.466 e. The van der Waals surface area contributed by atoms with Crippen molar-refractivity contribution in [2.75, 3.05) is 27.9 Å². The van der Waals surface area contributed by atoms with E-state index in [1.165, 1.54) is 0 Å². The van der Waals surface area contributed by atoms with Crippen molar-refractivity contribution < 1.29 is 70.8 Å². The lowest BCUT2D eigenvalue weighted by atomic mass is 9.89. The van der Waals surface area contributed by atoms with E-state index in [0.29, 0.717) is 0 Å². The van der Waals surface area contributed by atoms with E-state index in [-0.39, 0.29) is 0 Å². The number of ether oxygens (including phenoxy) is 6. The summed E-state index contributed by atoms with van der Waals surface area (Å²) in [5.41, 5.74) is 0. The van der Waals surface area contributed by atoms with Gasteiger partial charge in [0.05, 0.1) is 13.2 Å². The van der Waals surface area contributed by atoms with Crippen LogP contribution in [0.15, 0.2) is 0 Å². The van der Waals surface area contributed by atoms with Gasteiger partial charge >= 0.3 is 37.4 Å². The van der Waals surface area contributed by atoms with Crippen molar-refractivity contribution in [1.82, 2.24) is 5.32 Å². The molecule has 17 heteroatoms. The standard InChI is InChI=1S/C22H34NO15P/c1-11(24)23-18-16(35-13(3)26)9-22(21(29)31-6,39(30,32-7)33-8)38-20(18)19(37-15(5)28)17(36-14(4)27)10-34-12(2)25/h16-20H,9-10H2,1-8H3,(H,23,24)/t16-,17+,18+,19+,20+,22-/m0/s1. The van der Waals surface area contributed by atoms with E-state index in [1.807, 2.05) is 0 Å². The molecule has 16 nitrogen and oxygen atoms in total. The first-order chi connectivity index (χ1) is 18.1. The van der Waals surface area contributed by atoms with E-state index >= 15 is 0 Å². The van der Waals surface area contributed by atoms with Crippen LogP contribution < -0.4 is 5.32 Å². The summed E-state index contributed by atoms with van der Waals surface area (Å²) in [4.78, 5) is 73.1. The molecule has 1 heterocycles. The maximum absolute atomic E-state index is 13.8. The predicted molar refractivity (Wildman–Crippen MR) is 127 cm³/mol. The Kier molecular flexibility index (Phi) is 12.5. The van der Waals surface area contributed by atoms with Gasteiger partial charge in [-0.2, -0.15) is 0 Å². The fraction of sp³-hybridized carbons (Fsp3) is 0.727. The van der Waals surface area contributed by atoms with Crippen LogP contribution in [0, 0.1) is 0 Å². The Morgan fingerprint density at radius 2 is 1.46 bits per heavy atom. The Labute approximate surface area is 224 Å². The molecule has 0 spiro atoms. The lowest BCUT2D eigenvalue weighted by molar-refractivity contribution is -0.228. The molecule has 1 fully saturated rings. The highest BCUT2D eigenvalue weighted by Gasteiger charge is 2.67. The van der Waals surface area contributed by atoms with Gasteiger partial charge in [-0.25, -0.2) is 4.79 Å². The number of amides is 1. The molecule has 1 amide bonds. The molecule has 0 aromatic rings. The molecular formula is C22H34NO15P. The van der Waals surface area contributed by atoms with E-state index in [2.05, 4.69) is 5.32 Å². The minimum absolute atomic E-state index is 0.671. The summed E-state index contributed by atoms with van der Waals surface area (Å²) >= 11 is 0.